The van der Waals surface area contributed by atoms with Crippen molar-refractivity contribution >= 4 is 55.5 Å². The second kappa shape index (κ2) is 5.49. The Labute approximate surface area is 128 Å². The van der Waals surface area contributed by atoms with E-state index in [-0.39, 0.29) is 0 Å². The number of nitrogens with zero attached hydrogens (tertiary/aromatic N) is 1. The summed E-state index contributed by atoms with van der Waals surface area (Å²) in [6.45, 7) is 0.754. The molecule has 0 aliphatic rings. The Morgan fingerprint density at radius 2 is 2.16 bits per heavy atom. The minimum absolute atomic E-state index is 0.754. The van der Waals surface area contributed by atoms with Crippen molar-refractivity contribution in [2.75, 3.05) is 5.32 Å². The van der Waals surface area contributed by atoms with Gasteiger partial charge in [0.2, 0.25) is 0 Å². The first-order chi connectivity index (χ1) is 9.24. The maximum absolute atomic E-state index is 6.04. The van der Waals surface area contributed by atoms with E-state index in [1.54, 1.807) is 11.3 Å². The molecule has 0 unspecified atom stereocenters. The second-order valence-electron chi connectivity index (χ2n) is 4.06. The number of fused-ring (bicyclic) bond motifs is 1. The van der Waals surface area contributed by atoms with E-state index in [9.17, 15) is 0 Å². The van der Waals surface area contributed by atoms with E-state index in [4.69, 9.17) is 11.6 Å². The third-order valence-electron chi connectivity index (χ3n) is 2.79. The minimum Gasteiger partial charge on any atom is -0.380 e. The molecule has 2 heterocycles. The topological polar surface area (TPSA) is 24.9 Å². The average Bonchev–Trinajstić information content (AvgIpc) is 2.75. The van der Waals surface area contributed by atoms with E-state index in [1.165, 1.54) is 4.88 Å². The van der Waals surface area contributed by atoms with E-state index < -0.39 is 0 Å². The third kappa shape index (κ3) is 2.76. The fourth-order valence-corrected chi connectivity index (χ4v) is 3.65. The fraction of sp³-hybridized carbons (Fsp3) is 0.0714. The van der Waals surface area contributed by atoms with Crippen LogP contribution in [0.25, 0.3) is 10.9 Å². The third-order valence-corrected chi connectivity index (χ3v) is 5.27. The van der Waals surface area contributed by atoms with Crippen molar-refractivity contribution in [1.82, 2.24) is 4.98 Å². The lowest BCUT2D eigenvalue weighted by Crippen LogP contribution is -1.98. The first-order valence-electron chi connectivity index (χ1n) is 5.75. The van der Waals surface area contributed by atoms with Gasteiger partial charge in [-0.3, -0.25) is 4.98 Å². The molecule has 0 spiro atoms. The maximum atomic E-state index is 6.04. The molecule has 0 atom stereocenters. The summed E-state index contributed by atoms with van der Waals surface area (Å²) < 4.78 is 1.74. The van der Waals surface area contributed by atoms with Crippen LogP contribution in [-0.2, 0) is 6.54 Å². The first kappa shape index (κ1) is 12.9. The van der Waals surface area contributed by atoms with Crippen LogP contribution in [-0.4, -0.2) is 4.98 Å². The molecule has 1 aromatic carbocycles. The molecule has 0 saturated carbocycles. The Kier molecular flexibility index (Phi) is 3.73. The summed E-state index contributed by atoms with van der Waals surface area (Å²) in [5.74, 6) is 0. The molecule has 5 heteroatoms. The molecule has 0 radical (unpaired) electrons. The van der Waals surface area contributed by atoms with Gasteiger partial charge in [-0.05, 0) is 46.3 Å². The van der Waals surface area contributed by atoms with Crippen LogP contribution in [0.1, 0.15) is 4.88 Å². The summed E-state index contributed by atoms with van der Waals surface area (Å²) in [4.78, 5) is 5.54. The number of thiophene rings is 1. The highest BCUT2D eigenvalue weighted by Gasteiger charge is 2.05. The van der Waals surface area contributed by atoms with Gasteiger partial charge in [-0.15, -0.1) is 11.3 Å². The van der Waals surface area contributed by atoms with Crippen LogP contribution in [0.4, 0.5) is 5.69 Å². The smallest absolute Gasteiger partial charge is 0.107 e. The molecule has 3 aromatic rings. The fourth-order valence-electron chi connectivity index (χ4n) is 1.92. The van der Waals surface area contributed by atoms with E-state index >= 15 is 0 Å². The number of hydrogen-bond acceptors (Lipinski definition) is 3. The van der Waals surface area contributed by atoms with Gasteiger partial charge in [-0.2, -0.15) is 0 Å². The van der Waals surface area contributed by atoms with Gasteiger partial charge in [0, 0.05) is 33.2 Å². The van der Waals surface area contributed by atoms with E-state index in [1.807, 2.05) is 30.5 Å². The minimum atomic E-state index is 0.754. The Morgan fingerprint density at radius 3 is 2.95 bits per heavy atom. The molecule has 2 nitrogen and oxygen atoms in total. The van der Waals surface area contributed by atoms with Crippen LogP contribution >= 0.6 is 38.9 Å². The van der Waals surface area contributed by atoms with Crippen molar-refractivity contribution in [1.29, 1.82) is 0 Å². The molecule has 1 N–H and O–H groups in total. The summed E-state index contributed by atoms with van der Waals surface area (Å²) in [5, 5.41) is 4.57. The molecule has 0 aliphatic carbocycles. The number of aromatic nitrogens is 1. The summed E-state index contributed by atoms with van der Waals surface area (Å²) in [7, 11) is 0. The van der Waals surface area contributed by atoms with Crippen LogP contribution in [0.5, 0.6) is 0 Å². The quantitative estimate of drug-likeness (QED) is 0.689. The lowest BCUT2D eigenvalue weighted by atomic mass is 10.2. The molecular formula is C14H10BrClN2S. The van der Waals surface area contributed by atoms with Crippen molar-refractivity contribution in [2.45, 2.75) is 6.54 Å². The van der Waals surface area contributed by atoms with Crippen LogP contribution in [0.2, 0.25) is 4.34 Å². The zero-order valence-corrected chi connectivity index (χ0v) is 13.0. The molecule has 0 saturated heterocycles. The maximum Gasteiger partial charge on any atom is 0.107 e. The van der Waals surface area contributed by atoms with E-state index in [0.717, 1.165) is 31.9 Å². The largest absolute Gasteiger partial charge is 0.380 e. The van der Waals surface area contributed by atoms with Gasteiger partial charge in [0.25, 0.3) is 0 Å². The van der Waals surface area contributed by atoms with Crippen LogP contribution in [0.3, 0.4) is 0 Å². The van der Waals surface area contributed by atoms with Gasteiger partial charge in [0.1, 0.15) is 4.34 Å². The predicted octanol–water partition coefficient (Wildman–Crippen LogP) is 5.32. The predicted molar refractivity (Wildman–Crippen MR) is 86.1 cm³/mol. The average molecular weight is 354 g/mol. The van der Waals surface area contributed by atoms with Crippen molar-refractivity contribution < 1.29 is 0 Å². The standard InChI is InChI=1S/C14H10BrClN2S/c15-11-7-9(19-14(11)16)8-18-13-5-1-4-12-10(13)3-2-6-17-12/h1-7,18H,8H2. The van der Waals surface area contributed by atoms with Gasteiger partial charge in [-0.1, -0.05) is 17.7 Å². The molecule has 0 bridgehead atoms. The van der Waals surface area contributed by atoms with Gasteiger partial charge in [-0.25, -0.2) is 0 Å². The highest BCUT2D eigenvalue weighted by molar-refractivity contribution is 9.10. The van der Waals surface area contributed by atoms with Crippen LogP contribution in [0.15, 0.2) is 47.1 Å². The van der Waals surface area contributed by atoms with Crippen LogP contribution < -0.4 is 5.32 Å². The Hall–Kier alpha value is -1.10. The molecule has 2 aromatic heterocycles. The number of benzene rings is 1. The zero-order chi connectivity index (χ0) is 13.2. The number of halogens is 2. The SMILES string of the molecule is Clc1sc(CNc2cccc3ncccc23)cc1Br. The van der Waals surface area contributed by atoms with Gasteiger partial charge in [0.05, 0.1) is 5.52 Å². The van der Waals surface area contributed by atoms with Crippen molar-refractivity contribution in [3.05, 3.63) is 56.3 Å². The normalized spacial score (nSPS) is 10.8. The first-order valence-corrected chi connectivity index (χ1v) is 7.74. The molecule has 19 heavy (non-hydrogen) atoms. The monoisotopic (exact) mass is 352 g/mol. The summed E-state index contributed by atoms with van der Waals surface area (Å²) in [6, 6.07) is 12.2. The number of hydrogen-bond donors (Lipinski definition) is 1. The van der Waals surface area contributed by atoms with Crippen LogP contribution in [0, 0.1) is 0 Å². The lowest BCUT2D eigenvalue weighted by molar-refractivity contribution is 1.20. The van der Waals surface area contributed by atoms with Crippen molar-refractivity contribution in [3.63, 3.8) is 0 Å². The van der Waals surface area contributed by atoms with Gasteiger partial charge in [0.15, 0.2) is 0 Å². The molecule has 0 aliphatic heterocycles. The van der Waals surface area contributed by atoms with Crippen molar-refractivity contribution in [2.24, 2.45) is 0 Å². The lowest BCUT2D eigenvalue weighted by Gasteiger charge is -2.08. The Morgan fingerprint density at radius 1 is 1.26 bits per heavy atom. The summed E-state index contributed by atoms with van der Waals surface area (Å²) >= 11 is 11.0. The second-order valence-corrected chi connectivity index (χ2v) is 6.66. The zero-order valence-electron chi connectivity index (χ0n) is 9.86. The van der Waals surface area contributed by atoms with Gasteiger partial charge >= 0.3 is 0 Å². The highest BCUT2D eigenvalue weighted by atomic mass is 79.9. The summed E-state index contributed by atoms with van der Waals surface area (Å²) in [6.07, 6.45) is 1.81. The molecule has 0 fully saturated rings. The Bertz CT molecular complexity index is 702. The summed E-state index contributed by atoms with van der Waals surface area (Å²) in [5.41, 5.74) is 2.09. The van der Waals surface area contributed by atoms with Crippen molar-refractivity contribution in [3.8, 4) is 0 Å². The molecule has 96 valence electrons. The number of pyridine rings is 1. The Balaban J connectivity index is 1.85. The van der Waals surface area contributed by atoms with E-state index in [2.05, 4.69) is 38.4 Å². The molecular weight excluding hydrogens is 344 g/mol. The molecule has 0 amide bonds. The molecule has 3 rings (SSSR count). The number of anilines is 1. The van der Waals surface area contributed by atoms with E-state index in [0.29, 0.717) is 0 Å². The number of rotatable bonds is 3. The number of nitrogens with one attached hydrogen (secondary N) is 1. The van der Waals surface area contributed by atoms with Gasteiger partial charge < -0.3 is 5.32 Å². The highest BCUT2D eigenvalue weighted by Crippen LogP contribution is 2.32.